The molecule has 0 aromatic heterocycles. The molecule has 4 heteroatoms. The number of hydrogen-bond donors (Lipinski definition) is 2. The van der Waals surface area contributed by atoms with Crippen LogP contribution in [0.5, 0.6) is 0 Å². The van der Waals surface area contributed by atoms with Crippen LogP contribution in [0.4, 0.5) is 4.79 Å². The molecule has 1 rings (SSSR count). The highest BCUT2D eigenvalue weighted by Gasteiger charge is 2.03. The molecule has 0 aliphatic carbocycles. The maximum Gasteiger partial charge on any atom is 0.407 e. The van der Waals surface area contributed by atoms with Gasteiger partial charge in [0.25, 0.3) is 0 Å². The first-order valence-electron chi connectivity index (χ1n) is 6.24. The van der Waals surface area contributed by atoms with Gasteiger partial charge in [-0.05, 0) is 23.5 Å². The summed E-state index contributed by atoms with van der Waals surface area (Å²) in [5.41, 5.74) is 2.24. The maximum atomic E-state index is 11.3. The summed E-state index contributed by atoms with van der Waals surface area (Å²) in [5.74, 6) is 0.502. The van der Waals surface area contributed by atoms with Crippen molar-refractivity contribution in [1.82, 2.24) is 5.32 Å². The van der Waals surface area contributed by atoms with Crippen molar-refractivity contribution in [3.05, 3.63) is 35.4 Å². The summed E-state index contributed by atoms with van der Waals surface area (Å²) in [5, 5.41) is 11.1. The minimum absolute atomic E-state index is 0.0664. The van der Waals surface area contributed by atoms with Crippen LogP contribution in [-0.2, 0) is 11.3 Å². The molecule has 0 fully saturated rings. The summed E-state index contributed by atoms with van der Waals surface area (Å²) < 4.78 is 5.04. The Bertz CT molecular complexity index is 360. The SMILES string of the molecule is CC(C)c1ccc(COC(=O)NCCCO)cc1. The maximum absolute atomic E-state index is 11.3. The molecule has 0 bridgehead atoms. The van der Waals surface area contributed by atoms with E-state index in [0.717, 1.165) is 5.56 Å². The summed E-state index contributed by atoms with van der Waals surface area (Å²) in [7, 11) is 0. The van der Waals surface area contributed by atoms with E-state index in [1.807, 2.05) is 24.3 Å². The van der Waals surface area contributed by atoms with Crippen LogP contribution in [0, 0.1) is 0 Å². The Labute approximate surface area is 108 Å². The van der Waals surface area contributed by atoms with Gasteiger partial charge in [0, 0.05) is 13.2 Å². The number of carbonyl (C=O) groups excluding carboxylic acids is 1. The number of benzene rings is 1. The Balaban J connectivity index is 2.32. The Morgan fingerprint density at radius 1 is 1.33 bits per heavy atom. The van der Waals surface area contributed by atoms with Crippen LogP contribution in [-0.4, -0.2) is 24.4 Å². The van der Waals surface area contributed by atoms with Crippen LogP contribution in [0.15, 0.2) is 24.3 Å². The summed E-state index contributed by atoms with van der Waals surface area (Å²) in [6, 6.07) is 8.03. The van der Waals surface area contributed by atoms with Gasteiger partial charge in [-0.15, -0.1) is 0 Å². The molecule has 0 saturated heterocycles. The average Bonchev–Trinajstić information content (AvgIpc) is 2.37. The van der Waals surface area contributed by atoms with Crippen LogP contribution in [0.25, 0.3) is 0 Å². The molecule has 0 aliphatic heterocycles. The monoisotopic (exact) mass is 251 g/mol. The van der Waals surface area contributed by atoms with Gasteiger partial charge in [0.05, 0.1) is 0 Å². The highest BCUT2D eigenvalue weighted by atomic mass is 16.5. The van der Waals surface area contributed by atoms with Gasteiger partial charge < -0.3 is 15.2 Å². The lowest BCUT2D eigenvalue weighted by molar-refractivity contribution is 0.139. The molecule has 0 atom stereocenters. The van der Waals surface area contributed by atoms with Gasteiger partial charge in [-0.1, -0.05) is 38.1 Å². The fourth-order valence-corrected chi connectivity index (χ4v) is 1.47. The number of aliphatic hydroxyl groups excluding tert-OH is 1. The van der Waals surface area contributed by atoms with Gasteiger partial charge in [0.15, 0.2) is 0 Å². The Morgan fingerprint density at radius 3 is 2.56 bits per heavy atom. The molecule has 0 saturated carbocycles. The standard InChI is InChI=1S/C14H21NO3/c1-11(2)13-6-4-12(5-7-13)10-18-14(17)15-8-3-9-16/h4-7,11,16H,3,8-10H2,1-2H3,(H,15,17). The van der Waals surface area contributed by atoms with Gasteiger partial charge in [0.2, 0.25) is 0 Å². The van der Waals surface area contributed by atoms with Crippen LogP contribution >= 0.6 is 0 Å². The van der Waals surface area contributed by atoms with E-state index in [1.54, 1.807) is 0 Å². The van der Waals surface area contributed by atoms with Crippen molar-refractivity contribution in [2.24, 2.45) is 0 Å². The summed E-state index contributed by atoms with van der Waals surface area (Å²) in [6.45, 7) is 5.04. The molecule has 0 unspecified atom stereocenters. The van der Waals surface area contributed by atoms with Gasteiger partial charge in [-0.2, -0.15) is 0 Å². The normalized spacial score (nSPS) is 10.4. The number of aliphatic hydroxyl groups is 1. The average molecular weight is 251 g/mol. The molecule has 0 heterocycles. The van der Waals surface area contributed by atoms with Crippen molar-refractivity contribution in [3.8, 4) is 0 Å². The van der Waals surface area contributed by atoms with Crippen LogP contribution < -0.4 is 5.32 Å². The Hall–Kier alpha value is -1.55. The van der Waals surface area contributed by atoms with Crippen molar-refractivity contribution in [3.63, 3.8) is 0 Å². The molecule has 100 valence electrons. The Kier molecular flexibility index (Phi) is 6.22. The highest BCUT2D eigenvalue weighted by Crippen LogP contribution is 2.14. The predicted octanol–water partition coefficient (Wildman–Crippen LogP) is 2.42. The molecule has 1 aromatic carbocycles. The molecule has 0 aliphatic rings. The molecular formula is C14H21NO3. The summed E-state index contributed by atoms with van der Waals surface area (Å²) in [6.07, 6.45) is 0.0921. The number of amides is 1. The Morgan fingerprint density at radius 2 is 2.00 bits per heavy atom. The number of ether oxygens (including phenoxy) is 1. The zero-order valence-electron chi connectivity index (χ0n) is 11.0. The van der Waals surface area contributed by atoms with Crippen molar-refractivity contribution in [2.75, 3.05) is 13.2 Å². The van der Waals surface area contributed by atoms with E-state index in [-0.39, 0.29) is 13.2 Å². The van der Waals surface area contributed by atoms with Gasteiger partial charge in [-0.25, -0.2) is 4.79 Å². The lowest BCUT2D eigenvalue weighted by atomic mass is 10.0. The molecule has 1 aromatic rings. The van der Waals surface area contributed by atoms with E-state index in [1.165, 1.54) is 5.56 Å². The first-order chi connectivity index (χ1) is 8.63. The van der Waals surface area contributed by atoms with Crippen LogP contribution in [0.3, 0.4) is 0 Å². The topological polar surface area (TPSA) is 58.6 Å². The van der Waals surface area contributed by atoms with E-state index < -0.39 is 6.09 Å². The smallest absolute Gasteiger partial charge is 0.407 e. The second-order valence-corrected chi connectivity index (χ2v) is 4.48. The third kappa shape index (κ3) is 5.19. The zero-order chi connectivity index (χ0) is 13.4. The van der Waals surface area contributed by atoms with E-state index >= 15 is 0 Å². The highest BCUT2D eigenvalue weighted by molar-refractivity contribution is 5.67. The third-order valence-electron chi connectivity index (χ3n) is 2.62. The predicted molar refractivity (Wildman–Crippen MR) is 70.4 cm³/mol. The van der Waals surface area contributed by atoms with Crippen LogP contribution in [0.2, 0.25) is 0 Å². The first kappa shape index (κ1) is 14.5. The van der Waals surface area contributed by atoms with Crippen molar-refractivity contribution in [1.29, 1.82) is 0 Å². The molecule has 0 radical (unpaired) electrons. The summed E-state index contributed by atoms with van der Waals surface area (Å²) in [4.78, 5) is 11.3. The number of alkyl carbamates (subject to hydrolysis) is 1. The van der Waals surface area contributed by atoms with E-state index in [9.17, 15) is 4.79 Å². The lowest BCUT2D eigenvalue weighted by Crippen LogP contribution is -2.25. The van der Waals surface area contributed by atoms with Gasteiger partial charge >= 0.3 is 6.09 Å². The van der Waals surface area contributed by atoms with Crippen molar-refractivity contribution in [2.45, 2.75) is 32.8 Å². The van der Waals surface area contributed by atoms with Crippen molar-refractivity contribution < 1.29 is 14.6 Å². The van der Waals surface area contributed by atoms with E-state index in [4.69, 9.17) is 9.84 Å². The molecule has 2 N–H and O–H groups in total. The molecular weight excluding hydrogens is 230 g/mol. The van der Waals surface area contributed by atoms with Gasteiger partial charge in [-0.3, -0.25) is 0 Å². The second kappa shape index (κ2) is 7.71. The molecule has 4 nitrogen and oxygen atoms in total. The molecule has 0 spiro atoms. The quantitative estimate of drug-likeness (QED) is 0.763. The number of carbonyl (C=O) groups is 1. The van der Waals surface area contributed by atoms with Crippen molar-refractivity contribution >= 4 is 6.09 Å². The zero-order valence-corrected chi connectivity index (χ0v) is 11.0. The third-order valence-corrected chi connectivity index (χ3v) is 2.62. The first-order valence-corrected chi connectivity index (χ1v) is 6.24. The largest absolute Gasteiger partial charge is 0.445 e. The molecule has 1 amide bonds. The second-order valence-electron chi connectivity index (χ2n) is 4.48. The van der Waals surface area contributed by atoms with E-state index in [0.29, 0.717) is 18.9 Å². The van der Waals surface area contributed by atoms with E-state index in [2.05, 4.69) is 19.2 Å². The fraction of sp³-hybridized carbons (Fsp3) is 0.500. The minimum Gasteiger partial charge on any atom is -0.445 e. The number of rotatable bonds is 6. The lowest BCUT2D eigenvalue weighted by Gasteiger charge is -2.08. The number of nitrogens with one attached hydrogen (secondary N) is 1. The van der Waals surface area contributed by atoms with Gasteiger partial charge in [0.1, 0.15) is 6.61 Å². The summed E-state index contributed by atoms with van der Waals surface area (Å²) >= 11 is 0. The van der Waals surface area contributed by atoms with Crippen LogP contribution in [0.1, 0.15) is 37.3 Å². The minimum atomic E-state index is -0.448. The molecule has 18 heavy (non-hydrogen) atoms. The fourth-order valence-electron chi connectivity index (χ4n) is 1.47. The number of hydrogen-bond acceptors (Lipinski definition) is 3.